The van der Waals surface area contributed by atoms with Gasteiger partial charge in [0.15, 0.2) is 0 Å². The third kappa shape index (κ3) is 2.78. The monoisotopic (exact) mass is 278 g/mol. The van der Waals surface area contributed by atoms with E-state index in [0.29, 0.717) is 24.0 Å². The van der Waals surface area contributed by atoms with E-state index in [1.54, 1.807) is 0 Å². The summed E-state index contributed by atoms with van der Waals surface area (Å²) in [7, 11) is 0. The largest absolute Gasteiger partial charge is 0.368 e. The fourth-order valence-corrected chi connectivity index (χ4v) is 2.97. The molecule has 0 bridgehead atoms. The van der Waals surface area contributed by atoms with Crippen molar-refractivity contribution in [3.8, 4) is 0 Å². The van der Waals surface area contributed by atoms with Gasteiger partial charge in [0, 0.05) is 25.2 Å². The van der Waals surface area contributed by atoms with Crippen LogP contribution in [0.15, 0.2) is 0 Å². The lowest BCUT2D eigenvalue weighted by Gasteiger charge is -2.29. The topological polar surface area (TPSA) is 71.2 Å². The normalized spacial score (nSPS) is 22.3. The number of rotatable bonds is 5. The van der Waals surface area contributed by atoms with E-state index >= 15 is 0 Å². The van der Waals surface area contributed by atoms with Crippen LogP contribution in [0, 0.1) is 0 Å². The molecule has 20 heavy (non-hydrogen) atoms. The van der Waals surface area contributed by atoms with Gasteiger partial charge in [0.1, 0.15) is 0 Å². The fourth-order valence-electron chi connectivity index (χ4n) is 2.97. The van der Waals surface area contributed by atoms with E-state index in [-0.39, 0.29) is 0 Å². The van der Waals surface area contributed by atoms with Crippen molar-refractivity contribution in [1.82, 2.24) is 15.0 Å². The summed E-state index contributed by atoms with van der Waals surface area (Å²) in [5.41, 5.74) is 5.89. The smallest absolute Gasteiger partial charge is 0.232 e. The summed E-state index contributed by atoms with van der Waals surface area (Å²) in [5, 5.41) is 0. The first-order valence-electron chi connectivity index (χ1n) is 7.65. The van der Waals surface area contributed by atoms with Crippen LogP contribution in [0.1, 0.15) is 47.0 Å². The van der Waals surface area contributed by atoms with Gasteiger partial charge in [-0.3, -0.25) is 0 Å². The van der Waals surface area contributed by atoms with E-state index < -0.39 is 0 Å². The molecule has 0 saturated carbocycles. The fraction of sp³-hybridized carbons (Fsp3) is 0.786. The quantitative estimate of drug-likeness (QED) is 0.889. The number of hydrogen-bond acceptors (Lipinski definition) is 6. The van der Waals surface area contributed by atoms with Crippen LogP contribution in [0.3, 0.4) is 0 Å². The lowest BCUT2D eigenvalue weighted by molar-refractivity contribution is 0.610. The number of nitrogens with zero attached hydrogens (tertiary/aromatic N) is 5. The van der Waals surface area contributed by atoms with Crippen LogP contribution in [0.25, 0.3) is 0 Å². The van der Waals surface area contributed by atoms with Crippen molar-refractivity contribution >= 4 is 17.8 Å². The molecule has 0 radical (unpaired) electrons. The van der Waals surface area contributed by atoms with Gasteiger partial charge in [0.2, 0.25) is 17.8 Å². The highest BCUT2D eigenvalue weighted by atomic mass is 15.4. The molecule has 1 aliphatic rings. The minimum Gasteiger partial charge on any atom is -0.368 e. The molecule has 1 saturated heterocycles. The van der Waals surface area contributed by atoms with Gasteiger partial charge in [0.05, 0.1) is 0 Å². The number of aromatic nitrogens is 3. The second-order valence-corrected chi connectivity index (χ2v) is 5.36. The van der Waals surface area contributed by atoms with Gasteiger partial charge in [-0.2, -0.15) is 15.0 Å². The molecular formula is C14H26N6. The van der Waals surface area contributed by atoms with E-state index in [0.717, 1.165) is 25.5 Å². The van der Waals surface area contributed by atoms with Crippen molar-refractivity contribution in [3.05, 3.63) is 0 Å². The number of nitrogen functional groups attached to an aromatic ring is 1. The summed E-state index contributed by atoms with van der Waals surface area (Å²) in [4.78, 5) is 17.7. The molecule has 2 atom stereocenters. The molecule has 6 heteroatoms. The summed E-state index contributed by atoms with van der Waals surface area (Å²) in [6.07, 6.45) is 3.49. The zero-order chi connectivity index (χ0) is 14.7. The summed E-state index contributed by atoms with van der Waals surface area (Å²) in [6, 6.07) is 0.975. The maximum absolute atomic E-state index is 5.89. The van der Waals surface area contributed by atoms with Crippen LogP contribution in [0.4, 0.5) is 17.8 Å². The van der Waals surface area contributed by atoms with Crippen LogP contribution >= 0.6 is 0 Å². The Labute approximate surface area is 121 Å². The molecule has 2 heterocycles. The molecule has 2 unspecified atom stereocenters. The van der Waals surface area contributed by atoms with Gasteiger partial charge in [-0.15, -0.1) is 0 Å². The van der Waals surface area contributed by atoms with Crippen LogP contribution in [-0.4, -0.2) is 40.1 Å². The summed E-state index contributed by atoms with van der Waals surface area (Å²) in [5.74, 6) is 1.73. The number of nitrogens with two attached hydrogens (primary N) is 1. The SMILES string of the molecule is CCC1CCC(C)N1c1nc(N)nc(N(CC)CC)n1. The predicted octanol–water partition coefficient (Wildman–Crippen LogP) is 2.07. The average molecular weight is 278 g/mol. The van der Waals surface area contributed by atoms with Gasteiger partial charge in [-0.1, -0.05) is 6.92 Å². The Morgan fingerprint density at radius 2 is 1.85 bits per heavy atom. The highest BCUT2D eigenvalue weighted by molar-refractivity contribution is 5.45. The first-order valence-corrected chi connectivity index (χ1v) is 7.65. The van der Waals surface area contributed by atoms with E-state index in [2.05, 4.69) is 52.4 Å². The van der Waals surface area contributed by atoms with Gasteiger partial charge in [-0.25, -0.2) is 0 Å². The lowest BCUT2D eigenvalue weighted by Crippen LogP contribution is -2.36. The average Bonchev–Trinajstić information content (AvgIpc) is 2.80. The predicted molar refractivity (Wildman–Crippen MR) is 83.1 cm³/mol. The van der Waals surface area contributed by atoms with Crippen molar-refractivity contribution in [1.29, 1.82) is 0 Å². The second kappa shape index (κ2) is 6.24. The first kappa shape index (κ1) is 14.8. The molecule has 112 valence electrons. The zero-order valence-electron chi connectivity index (χ0n) is 13.0. The van der Waals surface area contributed by atoms with E-state index in [9.17, 15) is 0 Å². The third-order valence-corrected chi connectivity index (χ3v) is 4.16. The Kier molecular flexibility index (Phi) is 4.62. The van der Waals surface area contributed by atoms with E-state index in [1.807, 2.05) is 0 Å². The maximum Gasteiger partial charge on any atom is 0.232 e. The molecule has 0 amide bonds. The number of anilines is 3. The maximum atomic E-state index is 5.89. The summed E-state index contributed by atoms with van der Waals surface area (Å²) >= 11 is 0. The van der Waals surface area contributed by atoms with Gasteiger partial charge in [-0.05, 0) is 40.0 Å². The van der Waals surface area contributed by atoms with E-state index in [1.165, 1.54) is 12.8 Å². The highest BCUT2D eigenvalue weighted by Gasteiger charge is 2.32. The van der Waals surface area contributed by atoms with Crippen molar-refractivity contribution < 1.29 is 0 Å². The molecule has 0 aromatic carbocycles. The first-order chi connectivity index (χ1) is 9.60. The van der Waals surface area contributed by atoms with Crippen LogP contribution < -0.4 is 15.5 Å². The molecule has 0 aliphatic carbocycles. The zero-order valence-corrected chi connectivity index (χ0v) is 13.0. The summed E-state index contributed by atoms with van der Waals surface area (Å²) in [6.45, 7) is 10.4. The lowest BCUT2D eigenvalue weighted by atomic mass is 10.2. The van der Waals surface area contributed by atoms with E-state index in [4.69, 9.17) is 5.73 Å². The van der Waals surface area contributed by atoms with Gasteiger partial charge < -0.3 is 15.5 Å². The van der Waals surface area contributed by atoms with Crippen molar-refractivity contribution in [3.63, 3.8) is 0 Å². The Bertz CT molecular complexity index is 445. The Morgan fingerprint density at radius 1 is 1.15 bits per heavy atom. The number of hydrogen-bond donors (Lipinski definition) is 1. The van der Waals surface area contributed by atoms with Gasteiger partial charge >= 0.3 is 0 Å². The van der Waals surface area contributed by atoms with Crippen LogP contribution in [0.5, 0.6) is 0 Å². The molecular weight excluding hydrogens is 252 g/mol. The van der Waals surface area contributed by atoms with Crippen molar-refractivity contribution in [2.75, 3.05) is 28.6 Å². The second-order valence-electron chi connectivity index (χ2n) is 5.36. The summed E-state index contributed by atoms with van der Waals surface area (Å²) < 4.78 is 0. The standard InChI is InChI=1S/C14H26N6/c1-5-11-9-8-10(4)20(11)14-17-12(15)16-13(18-14)19(6-2)7-3/h10-11H,5-9H2,1-4H3,(H2,15,16,17,18). The Morgan fingerprint density at radius 3 is 2.45 bits per heavy atom. The van der Waals surface area contributed by atoms with Crippen LogP contribution in [-0.2, 0) is 0 Å². The Balaban J connectivity index is 2.36. The van der Waals surface area contributed by atoms with Crippen LogP contribution in [0.2, 0.25) is 0 Å². The Hall–Kier alpha value is -1.59. The van der Waals surface area contributed by atoms with Gasteiger partial charge in [0.25, 0.3) is 0 Å². The molecule has 2 N–H and O–H groups in total. The molecule has 6 nitrogen and oxygen atoms in total. The van der Waals surface area contributed by atoms with Crippen molar-refractivity contribution in [2.45, 2.75) is 59.0 Å². The highest BCUT2D eigenvalue weighted by Crippen LogP contribution is 2.30. The molecule has 1 aliphatic heterocycles. The van der Waals surface area contributed by atoms with Crippen molar-refractivity contribution in [2.24, 2.45) is 0 Å². The molecule has 1 aromatic heterocycles. The third-order valence-electron chi connectivity index (χ3n) is 4.16. The molecule has 1 fully saturated rings. The minimum atomic E-state index is 0.311. The molecule has 0 spiro atoms. The molecule has 1 aromatic rings. The minimum absolute atomic E-state index is 0.311. The molecule has 2 rings (SSSR count).